The van der Waals surface area contributed by atoms with Gasteiger partial charge in [-0.05, 0) is 12.8 Å². The molecule has 0 heterocycles. The summed E-state index contributed by atoms with van der Waals surface area (Å²) >= 11 is 0. The van der Waals surface area contributed by atoms with E-state index >= 15 is 0 Å². The molecule has 0 aliphatic rings. The second-order valence-corrected chi connectivity index (χ2v) is 6.45. The Balaban J connectivity index is 5.53. The molecule has 0 saturated carbocycles. The summed E-state index contributed by atoms with van der Waals surface area (Å²) in [5.41, 5.74) is 0.433. The van der Waals surface area contributed by atoms with Crippen LogP contribution in [0.1, 0.15) is 48.5 Å². The molecule has 0 aliphatic heterocycles. The Bertz CT molecular complexity index is 480. The topological polar surface area (TPSA) is 78.9 Å². The molecule has 0 spiro atoms. The minimum absolute atomic E-state index is 0.0554. The molecule has 0 aromatic heterocycles. The molecule has 0 unspecified atom stereocenters. The predicted octanol–water partition coefficient (Wildman–Crippen LogP) is 2.90. The van der Waals surface area contributed by atoms with Gasteiger partial charge >= 0.3 is 17.9 Å². The van der Waals surface area contributed by atoms with Gasteiger partial charge in [0.25, 0.3) is 0 Å². The maximum Gasteiger partial charge on any atom is 0.333 e. The summed E-state index contributed by atoms with van der Waals surface area (Å²) in [6, 6.07) is 0. The summed E-state index contributed by atoms with van der Waals surface area (Å²) in [6.45, 7) is 11.9. The number of carbonyl (C=O) groups is 3. The average molecular weight is 342 g/mol. The summed E-state index contributed by atoms with van der Waals surface area (Å²) < 4.78 is 15.6. The highest BCUT2D eigenvalue weighted by Crippen LogP contribution is 2.28. The fourth-order valence-electron chi connectivity index (χ4n) is 2.83. The van der Waals surface area contributed by atoms with Crippen molar-refractivity contribution < 1.29 is 28.6 Å². The Morgan fingerprint density at radius 2 is 1.29 bits per heavy atom. The molecule has 6 heteroatoms. The zero-order chi connectivity index (χ0) is 19.0. The number of hydrogen-bond acceptors (Lipinski definition) is 6. The van der Waals surface area contributed by atoms with E-state index in [0.29, 0.717) is 5.57 Å². The molecule has 0 fully saturated rings. The van der Waals surface area contributed by atoms with Crippen LogP contribution in [0.4, 0.5) is 0 Å². The smallest absolute Gasteiger partial charge is 0.333 e. The maximum absolute atomic E-state index is 11.6. The molecular formula is C18H30O6. The van der Waals surface area contributed by atoms with Crippen molar-refractivity contribution in [3.05, 3.63) is 11.6 Å². The second kappa shape index (κ2) is 10.1. The van der Waals surface area contributed by atoms with Crippen LogP contribution in [0.25, 0.3) is 0 Å². The van der Waals surface area contributed by atoms with E-state index in [1.807, 2.05) is 27.7 Å². The monoisotopic (exact) mass is 342 g/mol. The highest BCUT2D eigenvalue weighted by molar-refractivity contribution is 5.87. The zero-order valence-electron chi connectivity index (χ0n) is 15.9. The minimum Gasteiger partial charge on any atom is -0.466 e. The quantitative estimate of drug-likeness (QED) is 0.383. The summed E-state index contributed by atoms with van der Waals surface area (Å²) in [4.78, 5) is 34.5. The molecule has 0 bridgehead atoms. The van der Waals surface area contributed by atoms with Crippen LogP contribution in [0.5, 0.6) is 0 Å². The Hall–Kier alpha value is -1.85. The fourth-order valence-corrected chi connectivity index (χ4v) is 2.83. The summed E-state index contributed by atoms with van der Waals surface area (Å²) in [6.07, 6.45) is 0.774. The van der Waals surface area contributed by atoms with Crippen molar-refractivity contribution in [1.29, 1.82) is 0 Å². The van der Waals surface area contributed by atoms with Gasteiger partial charge in [0.2, 0.25) is 0 Å². The van der Waals surface area contributed by atoms with E-state index in [9.17, 15) is 14.4 Å². The third-order valence-corrected chi connectivity index (χ3v) is 3.84. The third-order valence-electron chi connectivity index (χ3n) is 3.84. The lowest BCUT2D eigenvalue weighted by molar-refractivity contribution is -0.163. The highest BCUT2D eigenvalue weighted by atomic mass is 16.6. The van der Waals surface area contributed by atoms with Gasteiger partial charge in [-0.25, -0.2) is 4.79 Å². The van der Waals surface area contributed by atoms with Gasteiger partial charge in [-0.3, -0.25) is 9.59 Å². The normalized spacial score (nSPS) is 16.8. The maximum atomic E-state index is 11.6. The van der Waals surface area contributed by atoms with E-state index in [1.165, 1.54) is 21.0 Å². The van der Waals surface area contributed by atoms with Gasteiger partial charge in [0.1, 0.15) is 12.2 Å². The van der Waals surface area contributed by atoms with E-state index in [0.717, 1.165) is 0 Å². The van der Waals surface area contributed by atoms with Crippen molar-refractivity contribution in [2.45, 2.75) is 60.7 Å². The lowest BCUT2D eigenvalue weighted by Gasteiger charge is -2.34. The fraction of sp³-hybridized carbons (Fsp3) is 0.722. The third kappa shape index (κ3) is 7.15. The number of ether oxygens (including phenoxy) is 3. The van der Waals surface area contributed by atoms with Crippen LogP contribution < -0.4 is 0 Å². The van der Waals surface area contributed by atoms with E-state index in [1.54, 1.807) is 13.0 Å². The lowest BCUT2D eigenvalue weighted by Crippen LogP contribution is -2.41. The first kappa shape index (κ1) is 22.1. The Labute approximate surface area is 144 Å². The van der Waals surface area contributed by atoms with Gasteiger partial charge in [0.05, 0.1) is 7.11 Å². The molecule has 0 aromatic carbocycles. The van der Waals surface area contributed by atoms with Crippen LogP contribution in [-0.4, -0.2) is 37.2 Å². The lowest BCUT2D eigenvalue weighted by atomic mass is 9.84. The second-order valence-electron chi connectivity index (χ2n) is 6.45. The molecule has 4 atom stereocenters. The molecule has 0 saturated heterocycles. The van der Waals surface area contributed by atoms with Crippen LogP contribution in [0.3, 0.4) is 0 Å². The van der Waals surface area contributed by atoms with Crippen LogP contribution in [0.15, 0.2) is 11.6 Å². The van der Waals surface area contributed by atoms with E-state index in [4.69, 9.17) is 9.47 Å². The van der Waals surface area contributed by atoms with Crippen molar-refractivity contribution in [3.63, 3.8) is 0 Å². The van der Waals surface area contributed by atoms with Gasteiger partial charge < -0.3 is 14.2 Å². The molecular weight excluding hydrogens is 312 g/mol. The van der Waals surface area contributed by atoms with Crippen molar-refractivity contribution in [1.82, 2.24) is 0 Å². The molecule has 24 heavy (non-hydrogen) atoms. The van der Waals surface area contributed by atoms with Crippen LogP contribution in [-0.2, 0) is 28.6 Å². The van der Waals surface area contributed by atoms with Crippen molar-refractivity contribution in [2.75, 3.05) is 7.11 Å². The molecule has 0 aliphatic carbocycles. The molecule has 0 aromatic rings. The van der Waals surface area contributed by atoms with Crippen LogP contribution >= 0.6 is 0 Å². The SMILES string of the molecule is COC(=O)/C(C)=C/[C@@H](C)[C@@H](OC(C)=O)[C@H](C)[C@@H](OC(C)=O)C(C)C. The highest BCUT2D eigenvalue weighted by Gasteiger charge is 2.35. The van der Waals surface area contributed by atoms with E-state index in [2.05, 4.69) is 4.74 Å². The Kier molecular flexibility index (Phi) is 9.33. The molecule has 138 valence electrons. The van der Waals surface area contributed by atoms with Crippen LogP contribution in [0.2, 0.25) is 0 Å². The summed E-state index contributed by atoms with van der Waals surface area (Å²) in [5.74, 6) is -1.67. The van der Waals surface area contributed by atoms with Gasteiger partial charge in [0, 0.05) is 31.3 Å². The van der Waals surface area contributed by atoms with Gasteiger partial charge in [-0.15, -0.1) is 0 Å². The molecule has 0 amide bonds. The van der Waals surface area contributed by atoms with Gasteiger partial charge in [-0.2, -0.15) is 0 Å². The average Bonchev–Trinajstić information content (AvgIpc) is 2.47. The molecule has 0 radical (unpaired) electrons. The van der Waals surface area contributed by atoms with Gasteiger partial charge in [0.15, 0.2) is 0 Å². The van der Waals surface area contributed by atoms with Crippen LogP contribution in [0, 0.1) is 17.8 Å². The van der Waals surface area contributed by atoms with Crippen molar-refractivity contribution in [2.24, 2.45) is 17.8 Å². The summed E-state index contributed by atoms with van der Waals surface area (Å²) in [7, 11) is 1.31. The first-order chi connectivity index (χ1) is 11.0. The minimum atomic E-state index is -0.533. The summed E-state index contributed by atoms with van der Waals surface area (Å²) in [5, 5.41) is 0. The Morgan fingerprint density at radius 1 is 0.833 bits per heavy atom. The van der Waals surface area contributed by atoms with Crippen molar-refractivity contribution in [3.8, 4) is 0 Å². The predicted molar refractivity (Wildman–Crippen MR) is 90.0 cm³/mol. The number of hydrogen-bond donors (Lipinski definition) is 0. The standard InChI is InChI=1S/C18H30O6/c1-10(2)16(23-14(6)19)13(5)17(24-15(7)20)11(3)9-12(4)18(21)22-8/h9-11,13,16-17H,1-8H3/b12-9+/t11-,13-,16+,17-/m1/s1. The van der Waals surface area contributed by atoms with Crippen molar-refractivity contribution >= 4 is 17.9 Å². The first-order valence-corrected chi connectivity index (χ1v) is 8.12. The zero-order valence-corrected chi connectivity index (χ0v) is 15.9. The van der Waals surface area contributed by atoms with Gasteiger partial charge in [-0.1, -0.05) is 33.8 Å². The first-order valence-electron chi connectivity index (χ1n) is 8.12. The molecule has 0 N–H and O–H groups in total. The number of esters is 3. The Morgan fingerprint density at radius 3 is 1.67 bits per heavy atom. The number of carbonyl (C=O) groups excluding carboxylic acids is 3. The van der Waals surface area contributed by atoms with E-state index in [-0.39, 0.29) is 23.7 Å². The molecule has 6 nitrogen and oxygen atoms in total. The largest absolute Gasteiger partial charge is 0.466 e. The van der Waals surface area contributed by atoms with E-state index < -0.39 is 24.1 Å². The number of rotatable bonds is 8. The number of methoxy groups -OCH3 is 1. The molecule has 0 rings (SSSR count).